The molecule has 1 N–H and O–H groups in total. The maximum Gasteiger partial charge on any atom is 0.260 e. The Morgan fingerprint density at radius 3 is 2.57 bits per heavy atom. The van der Waals surface area contributed by atoms with Crippen molar-refractivity contribution in [1.29, 1.82) is 0 Å². The highest BCUT2D eigenvalue weighted by atomic mass is 32.2. The van der Waals surface area contributed by atoms with Crippen molar-refractivity contribution >= 4 is 26.8 Å². The van der Waals surface area contributed by atoms with Crippen molar-refractivity contribution in [2.45, 2.75) is 49.2 Å². The molecule has 6 nitrogen and oxygen atoms in total. The van der Waals surface area contributed by atoms with E-state index in [1.54, 1.807) is 19.1 Å². The molecule has 1 aromatic heterocycles. The molecule has 0 atom stereocenters. The second-order valence-electron chi connectivity index (χ2n) is 7.52. The minimum Gasteiger partial charge on any atom is -0.271 e. The number of nitrogens with one attached hydrogen (secondary N) is 1. The van der Waals surface area contributed by atoms with Gasteiger partial charge in [0.1, 0.15) is 6.33 Å². The van der Waals surface area contributed by atoms with Gasteiger partial charge in [0, 0.05) is 0 Å². The molecule has 1 heterocycles. The number of hydrogen-bond acceptors (Lipinski definition) is 4. The van der Waals surface area contributed by atoms with Gasteiger partial charge in [0.2, 0.25) is 0 Å². The van der Waals surface area contributed by atoms with Crippen LogP contribution in [0.1, 0.15) is 36.8 Å². The number of sulfone groups is 1. The van der Waals surface area contributed by atoms with E-state index in [1.165, 1.54) is 11.0 Å². The first-order valence-corrected chi connectivity index (χ1v) is 10.9. The summed E-state index contributed by atoms with van der Waals surface area (Å²) in [7, 11) is -3.85. The van der Waals surface area contributed by atoms with Crippen LogP contribution in [0.4, 0.5) is 0 Å². The van der Waals surface area contributed by atoms with Gasteiger partial charge >= 0.3 is 0 Å². The van der Waals surface area contributed by atoms with Gasteiger partial charge in [-0.15, -0.1) is 0 Å². The topological polar surface area (TPSA) is 81.1 Å². The summed E-state index contributed by atoms with van der Waals surface area (Å²) in [5.41, 5.74) is 5.78. The molecule has 1 amide bonds. The van der Waals surface area contributed by atoms with Gasteiger partial charge in [-0.25, -0.2) is 18.1 Å². The highest BCUT2D eigenvalue weighted by Crippen LogP contribution is 2.42. The monoisotopic (exact) mass is 397 g/mol. The molecule has 4 rings (SSSR count). The van der Waals surface area contributed by atoms with Crippen LogP contribution in [-0.2, 0) is 14.6 Å². The van der Waals surface area contributed by atoms with E-state index in [0.717, 1.165) is 16.6 Å². The molecule has 1 saturated carbocycles. The fourth-order valence-corrected chi connectivity index (χ4v) is 6.40. The lowest BCUT2D eigenvalue weighted by molar-refractivity contribution is -0.119. The summed E-state index contributed by atoms with van der Waals surface area (Å²) < 4.78 is 27.4. The molecular formula is C21H23N3O3S. The van der Waals surface area contributed by atoms with Crippen LogP contribution in [0, 0.1) is 13.8 Å². The van der Waals surface area contributed by atoms with Crippen molar-refractivity contribution in [3.05, 3.63) is 59.9 Å². The van der Waals surface area contributed by atoms with Crippen molar-refractivity contribution in [1.82, 2.24) is 9.66 Å². The molecule has 28 heavy (non-hydrogen) atoms. The molecule has 146 valence electrons. The molecule has 0 bridgehead atoms. The van der Waals surface area contributed by atoms with E-state index in [1.807, 2.05) is 37.3 Å². The molecule has 1 aliphatic carbocycles. The summed E-state index contributed by atoms with van der Waals surface area (Å²) >= 11 is 0. The Balaban J connectivity index is 1.77. The zero-order chi connectivity index (χ0) is 19.9. The minimum atomic E-state index is -3.85. The van der Waals surface area contributed by atoms with Gasteiger partial charge in [-0.2, -0.15) is 0 Å². The van der Waals surface area contributed by atoms with E-state index in [0.29, 0.717) is 31.2 Å². The van der Waals surface area contributed by atoms with E-state index >= 15 is 0 Å². The lowest BCUT2D eigenvalue weighted by Crippen LogP contribution is -2.49. The zero-order valence-corrected chi connectivity index (χ0v) is 16.8. The molecular weight excluding hydrogens is 374 g/mol. The molecule has 7 heteroatoms. The quantitative estimate of drug-likeness (QED) is 0.730. The number of fused-ring (bicyclic) bond motifs is 1. The summed E-state index contributed by atoms with van der Waals surface area (Å²) in [4.78, 5) is 17.9. The summed E-state index contributed by atoms with van der Waals surface area (Å²) in [5.74, 6) is -0.492. The normalized spacial score (nSPS) is 16.4. The van der Waals surface area contributed by atoms with Crippen LogP contribution in [0.2, 0.25) is 0 Å². The van der Waals surface area contributed by atoms with Gasteiger partial charge < -0.3 is 0 Å². The number of para-hydroxylation sites is 2. The Kier molecular flexibility index (Phi) is 4.50. The van der Waals surface area contributed by atoms with Crippen LogP contribution in [0.15, 0.2) is 53.7 Å². The molecule has 1 fully saturated rings. The lowest BCUT2D eigenvalue weighted by atomic mass is 10.1. The maximum atomic E-state index is 13.7. The van der Waals surface area contributed by atoms with Crippen LogP contribution in [0.5, 0.6) is 0 Å². The van der Waals surface area contributed by atoms with Gasteiger partial charge in [-0.1, -0.05) is 37.1 Å². The standard InChI is InChI=1S/C21H23N3O3S/c1-15-9-10-16(2)19(13-15)28(26,27)21(11-5-6-12-21)20(25)23-24-14-22-17-7-3-4-8-18(17)24/h3-4,7-10,13-14H,5-6,11-12H2,1-2H3,(H,23,25). The molecule has 0 spiro atoms. The van der Waals surface area contributed by atoms with Crippen molar-refractivity contribution in [2.75, 3.05) is 5.43 Å². The van der Waals surface area contributed by atoms with Crippen LogP contribution in [0.25, 0.3) is 11.0 Å². The third-order valence-electron chi connectivity index (χ3n) is 5.65. The highest BCUT2D eigenvalue weighted by molar-refractivity contribution is 7.93. The summed E-state index contributed by atoms with van der Waals surface area (Å²) in [6.07, 6.45) is 3.57. The number of aryl methyl sites for hydroxylation is 2. The van der Waals surface area contributed by atoms with E-state index in [-0.39, 0.29) is 4.90 Å². The first-order chi connectivity index (χ1) is 13.3. The summed E-state index contributed by atoms with van der Waals surface area (Å²) in [6, 6.07) is 12.7. The Labute approximate surface area is 164 Å². The smallest absolute Gasteiger partial charge is 0.260 e. The van der Waals surface area contributed by atoms with E-state index < -0.39 is 20.5 Å². The number of carbonyl (C=O) groups is 1. The predicted molar refractivity (Wildman–Crippen MR) is 108 cm³/mol. The molecule has 0 unspecified atom stereocenters. The predicted octanol–water partition coefficient (Wildman–Crippen LogP) is 3.51. The van der Waals surface area contributed by atoms with Gasteiger partial charge in [-0.05, 0) is 56.0 Å². The SMILES string of the molecule is Cc1ccc(C)c(S(=O)(=O)C2(C(=O)Nn3cnc4ccccc43)CCCC2)c1. The molecule has 0 radical (unpaired) electrons. The van der Waals surface area contributed by atoms with Crippen molar-refractivity contribution in [2.24, 2.45) is 0 Å². The Morgan fingerprint density at radius 1 is 1.11 bits per heavy atom. The number of nitrogens with zero attached hydrogens (tertiary/aromatic N) is 2. The summed E-state index contributed by atoms with van der Waals surface area (Å²) in [5, 5.41) is 0. The number of benzene rings is 2. The number of carbonyl (C=O) groups excluding carboxylic acids is 1. The molecule has 0 saturated heterocycles. The maximum absolute atomic E-state index is 13.7. The Hall–Kier alpha value is -2.67. The second kappa shape index (κ2) is 6.74. The zero-order valence-electron chi connectivity index (χ0n) is 16.0. The van der Waals surface area contributed by atoms with Crippen LogP contribution in [-0.4, -0.2) is 28.7 Å². The van der Waals surface area contributed by atoms with Crippen LogP contribution >= 0.6 is 0 Å². The third kappa shape index (κ3) is 2.81. The Bertz CT molecular complexity index is 1160. The van der Waals surface area contributed by atoms with Crippen LogP contribution < -0.4 is 5.43 Å². The fourth-order valence-electron chi connectivity index (χ4n) is 4.03. The average Bonchev–Trinajstić information content (AvgIpc) is 3.32. The van der Waals surface area contributed by atoms with Gasteiger partial charge in [-0.3, -0.25) is 10.2 Å². The minimum absolute atomic E-state index is 0.250. The van der Waals surface area contributed by atoms with E-state index in [4.69, 9.17) is 0 Å². The number of hydrogen-bond donors (Lipinski definition) is 1. The van der Waals surface area contributed by atoms with E-state index in [2.05, 4.69) is 10.4 Å². The number of rotatable bonds is 4. The largest absolute Gasteiger partial charge is 0.271 e. The fraction of sp³-hybridized carbons (Fsp3) is 0.333. The van der Waals surface area contributed by atoms with Gasteiger partial charge in [0.15, 0.2) is 14.6 Å². The molecule has 0 aliphatic heterocycles. The first kappa shape index (κ1) is 18.7. The summed E-state index contributed by atoms with van der Waals surface area (Å²) in [6.45, 7) is 3.63. The number of aromatic nitrogens is 2. The lowest BCUT2D eigenvalue weighted by Gasteiger charge is -2.28. The van der Waals surface area contributed by atoms with Crippen molar-refractivity contribution < 1.29 is 13.2 Å². The molecule has 1 aliphatic rings. The number of imidazole rings is 1. The van der Waals surface area contributed by atoms with Crippen molar-refractivity contribution in [3.8, 4) is 0 Å². The van der Waals surface area contributed by atoms with Crippen LogP contribution in [0.3, 0.4) is 0 Å². The van der Waals surface area contributed by atoms with E-state index in [9.17, 15) is 13.2 Å². The second-order valence-corrected chi connectivity index (χ2v) is 9.75. The molecule has 3 aromatic rings. The highest BCUT2D eigenvalue weighted by Gasteiger charge is 2.53. The molecule has 2 aromatic carbocycles. The Morgan fingerprint density at radius 2 is 1.82 bits per heavy atom. The third-order valence-corrected chi connectivity index (χ3v) is 8.29. The first-order valence-electron chi connectivity index (χ1n) is 9.41. The van der Waals surface area contributed by atoms with Gasteiger partial charge in [0.25, 0.3) is 5.91 Å². The number of amides is 1. The van der Waals surface area contributed by atoms with Gasteiger partial charge in [0.05, 0.1) is 15.9 Å². The average molecular weight is 398 g/mol. The van der Waals surface area contributed by atoms with Crippen molar-refractivity contribution in [3.63, 3.8) is 0 Å².